The van der Waals surface area contributed by atoms with Gasteiger partial charge < -0.3 is 10.6 Å². The Balaban J connectivity index is 2.67. The number of nitrogens with two attached hydrogens (primary N) is 1. The van der Waals surface area contributed by atoms with Gasteiger partial charge in [0, 0.05) is 25.4 Å². The van der Waals surface area contributed by atoms with E-state index >= 15 is 0 Å². The quantitative estimate of drug-likeness (QED) is 0.773. The number of nitrogens with zero attached hydrogens (tertiary/aromatic N) is 1. The number of hydrogen-bond donors (Lipinski definition) is 1. The van der Waals surface area contributed by atoms with Crippen molar-refractivity contribution in [3.05, 3.63) is 0 Å². The summed E-state index contributed by atoms with van der Waals surface area (Å²) in [4.78, 5) is 13.5. The Morgan fingerprint density at radius 2 is 2.12 bits per heavy atom. The van der Waals surface area contributed by atoms with Gasteiger partial charge in [-0.25, -0.2) is 8.42 Å². The summed E-state index contributed by atoms with van der Waals surface area (Å²) in [6.45, 7) is 3.17. The molecule has 0 saturated carbocycles. The Morgan fingerprint density at radius 1 is 1.47 bits per heavy atom. The second-order valence-electron chi connectivity index (χ2n) is 4.85. The molecule has 1 saturated heterocycles. The van der Waals surface area contributed by atoms with Crippen LogP contribution in [0.1, 0.15) is 26.2 Å². The van der Waals surface area contributed by atoms with E-state index in [1.165, 1.54) is 0 Å². The minimum atomic E-state index is -3.26. The molecule has 2 atom stereocenters. The molecule has 1 fully saturated rings. The summed E-state index contributed by atoms with van der Waals surface area (Å²) >= 11 is 0. The summed E-state index contributed by atoms with van der Waals surface area (Å²) < 4.78 is 22.2. The maximum atomic E-state index is 11.9. The van der Waals surface area contributed by atoms with Crippen LogP contribution in [-0.4, -0.2) is 50.4 Å². The van der Waals surface area contributed by atoms with Crippen LogP contribution in [0, 0.1) is 5.92 Å². The fourth-order valence-electron chi connectivity index (χ4n) is 2.36. The lowest BCUT2D eigenvalue weighted by atomic mass is 9.89. The van der Waals surface area contributed by atoms with Crippen molar-refractivity contribution in [2.75, 3.05) is 25.1 Å². The summed E-state index contributed by atoms with van der Waals surface area (Å²) in [5, 5.41) is 0. The van der Waals surface area contributed by atoms with Crippen LogP contribution in [0.15, 0.2) is 0 Å². The Hall–Kier alpha value is -0.620. The zero-order valence-electron chi connectivity index (χ0n) is 10.6. The third-order valence-electron chi connectivity index (χ3n) is 3.38. The average Bonchev–Trinajstić information content (AvgIpc) is 2.25. The van der Waals surface area contributed by atoms with Crippen LogP contribution in [0.2, 0.25) is 0 Å². The first-order valence-electron chi connectivity index (χ1n) is 6.04. The molecule has 0 spiro atoms. The standard InChI is InChI=1S/C11H22N2O3S/c1-3-9-4-5-13(10(6-9)7-12)11(14)8-17(2,15)16/h9-10H,3-8,12H2,1-2H3. The number of carbonyl (C=O) groups excluding carboxylic acids is 1. The molecule has 0 aromatic carbocycles. The third-order valence-corrected chi connectivity index (χ3v) is 4.15. The molecule has 1 heterocycles. The number of hydrogen-bond acceptors (Lipinski definition) is 4. The Kier molecular flexibility index (Phi) is 4.94. The first-order chi connectivity index (χ1) is 7.87. The largest absolute Gasteiger partial charge is 0.338 e. The predicted molar refractivity (Wildman–Crippen MR) is 67.3 cm³/mol. The van der Waals surface area contributed by atoms with E-state index in [4.69, 9.17) is 5.73 Å². The molecule has 5 nitrogen and oxygen atoms in total. The van der Waals surface area contributed by atoms with Crippen molar-refractivity contribution in [3.8, 4) is 0 Å². The molecule has 100 valence electrons. The monoisotopic (exact) mass is 262 g/mol. The Labute approximate surface area is 103 Å². The van der Waals surface area contributed by atoms with Crippen LogP contribution in [0.4, 0.5) is 0 Å². The lowest BCUT2D eigenvalue weighted by Gasteiger charge is -2.38. The molecule has 1 rings (SSSR count). The Bertz CT molecular complexity index is 367. The van der Waals surface area contributed by atoms with Crippen molar-refractivity contribution in [1.82, 2.24) is 4.90 Å². The molecule has 1 aliphatic heterocycles. The number of likely N-dealkylation sites (tertiary alicyclic amines) is 1. The van der Waals surface area contributed by atoms with Gasteiger partial charge in [0.2, 0.25) is 5.91 Å². The van der Waals surface area contributed by atoms with Crippen LogP contribution in [-0.2, 0) is 14.6 Å². The molecule has 1 aliphatic rings. The average molecular weight is 262 g/mol. The normalized spacial score (nSPS) is 25.9. The van der Waals surface area contributed by atoms with E-state index in [1.54, 1.807) is 4.90 Å². The molecule has 0 aliphatic carbocycles. The first kappa shape index (κ1) is 14.4. The van der Waals surface area contributed by atoms with E-state index in [-0.39, 0.29) is 11.9 Å². The van der Waals surface area contributed by atoms with Gasteiger partial charge in [0.05, 0.1) is 0 Å². The molecule has 0 aromatic rings. The first-order valence-corrected chi connectivity index (χ1v) is 8.10. The van der Waals surface area contributed by atoms with E-state index < -0.39 is 15.6 Å². The van der Waals surface area contributed by atoms with Crippen LogP contribution >= 0.6 is 0 Å². The minimum Gasteiger partial charge on any atom is -0.338 e. The minimum absolute atomic E-state index is 0.00273. The third kappa shape index (κ3) is 4.27. The fourth-order valence-corrected chi connectivity index (χ4v) is 2.98. The number of piperidine rings is 1. The molecular weight excluding hydrogens is 240 g/mol. The smallest absolute Gasteiger partial charge is 0.238 e. The summed E-state index contributed by atoms with van der Waals surface area (Å²) in [6, 6.07) is 0.00273. The highest BCUT2D eigenvalue weighted by atomic mass is 32.2. The maximum Gasteiger partial charge on any atom is 0.238 e. The number of amides is 1. The molecule has 17 heavy (non-hydrogen) atoms. The van der Waals surface area contributed by atoms with Crippen molar-refractivity contribution in [2.24, 2.45) is 11.7 Å². The fraction of sp³-hybridized carbons (Fsp3) is 0.909. The van der Waals surface area contributed by atoms with Gasteiger partial charge in [-0.1, -0.05) is 13.3 Å². The lowest BCUT2D eigenvalue weighted by Crippen LogP contribution is -2.51. The van der Waals surface area contributed by atoms with Gasteiger partial charge in [-0.05, 0) is 18.8 Å². The second-order valence-corrected chi connectivity index (χ2v) is 6.99. The van der Waals surface area contributed by atoms with Gasteiger partial charge in [0.25, 0.3) is 0 Å². The van der Waals surface area contributed by atoms with Gasteiger partial charge in [-0.2, -0.15) is 0 Å². The van der Waals surface area contributed by atoms with Gasteiger partial charge in [0.15, 0.2) is 9.84 Å². The van der Waals surface area contributed by atoms with Crippen LogP contribution in [0.3, 0.4) is 0 Å². The van der Waals surface area contributed by atoms with Crippen molar-refractivity contribution >= 4 is 15.7 Å². The van der Waals surface area contributed by atoms with E-state index in [0.717, 1.165) is 25.5 Å². The zero-order chi connectivity index (χ0) is 13.1. The lowest BCUT2D eigenvalue weighted by molar-refractivity contribution is -0.132. The molecule has 0 radical (unpaired) electrons. The SMILES string of the molecule is CCC1CCN(C(=O)CS(C)(=O)=O)C(CN)C1. The zero-order valence-corrected chi connectivity index (χ0v) is 11.4. The Morgan fingerprint density at radius 3 is 2.59 bits per heavy atom. The summed E-state index contributed by atoms with van der Waals surface area (Å²) in [5.74, 6) is -0.108. The van der Waals surface area contributed by atoms with E-state index in [9.17, 15) is 13.2 Å². The highest BCUT2D eigenvalue weighted by Crippen LogP contribution is 2.25. The van der Waals surface area contributed by atoms with Crippen molar-refractivity contribution in [1.29, 1.82) is 0 Å². The summed E-state index contributed by atoms with van der Waals surface area (Å²) in [7, 11) is -3.26. The van der Waals surface area contributed by atoms with Gasteiger partial charge in [-0.15, -0.1) is 0 Å². The molecule has 2 N–H and O–H groups in total. The molecule has 6 heteroatoms. The summed E-state index contributed by atoms with van der Waals surface area (Å²) in [5.41, 5.74) is 5.67. The molecule has 0 aromatic heterocycles. The maximum absolute atomic E-state index is 11.9. The van der Waals surface area contributed by atoms with Gasteiger partial charge in [-0.3, -0.25) is 4.79 Å². The van der Waals surface area contributed by atoms with Gasteiger partial charge in [0.1, 0.15) is 5.75 Å². The molecule has 2 unspecified atom stereocenters. The van der Waals surface area contributed by atoms with Crippen molar-refractivity contribution < 1.29 is 13.2 Å². The van der Waals surface area contributed by atoms with Crippen LogP contribution in [0.25, 0.3) is 0 Å². The van der Waals surface area contributed by atoms with Crippen LogP contribution < -0.4 is 5.73 Å². The highest BCUT2D eigenvalue weighted by molar-refractivity contribution is 7.91. The summed E-state index contributed by atoms with van der Waals surface area (Å²) in [6.07, 6.45) is 4.01. The number of carbonyl (C=O) groups is 1. The second kappa shape index (κ2) is 5.82. The topological polar surface area (TPSA) is 80.5 Å². The molecular formula is C11H22N2O3S. The molecule has 1 amide bonds. The van der Waals surface area contributed by atoms with Crippen molar-refractivity contribution in [2.45, 2.75) is 32.2 Å². The highest BCUT2D eigenvalue weighted by Gasteiger charge is 2.31. The van der Waals surface area contributed by atoms with Gasteiger partial charge >= 0.3 is 0 Å². The van der Waals surface area contributed by atoms with Crippen LogP contribution in [0.5, 0.6) is 0 Å². The predicted octanol–water partition coefficient (Wildman–Crippen LogP) is 0.00690. The van der Waals surface area contributed by atoms with Crippen molar-refractivity contribution in [3.63, 3.8) is 0 Å². The number of rotatable bonds is 4. The van der Waals surface area contributed by atoms with E-state index in [0.29, 0.717) is 19.0 Å². The number of sulfone groups is 1. The van der Waals surface area contributed by atoms with E-state index in [1.807, 2.05) is 0 Å². The molecule has 0 bridgehead atoms. The van der Waals surface area contributed by atoms with E-state index in [2.05, 4.69) is 6.92 Å².